The van der Waals surface area contributed by atoms with Gasteiger partial charge in [0.15, 0.2) is 0 Å². The zero-order chi connectivity index (χ0) is 13.0. The molecule has 0 spiro atoms. The molecule has 1 nitrogen and oxygen atoms in total. The first-order valence-corrected chi connectivity index (χ1v) is 7.13. The van der Waals surface area contributed by atoms with Crippen LogP contribution in [0.2, 0.25) is 0 Å². The molecule has 1 atom stereocenters. The average molecular weight is 243 g/mol. The Morgan fingerprint density at radius 3 is 2.72 bits per heavy atom. The van der Waals surface area contributed by atoms with Gasteiger partial charge >= 0.3 is 0 Å². The predicted molar refractivity (Wildman–Crippen MR) is 79.0 cm³/mol. The highest BCUT2D eigenvalue weighted by atomic mass is 14.9. The van der Waals surface area contributed by atoms with Crippen molar-refractivity contribution in [1.82, 2.24) is 5.32 Å². The highest BCUT2D eigenvalue weighted by molar-refractivity contribution is 5.32. The Labute approximate surface area is 111 Å². The SMILES string of the molecule is CNC(Cc1cc(C)ccc1C)C1=CCCCC1. The molecule has 0 amide bonds. The van der Waals surface area contributed by atoms with Crippen LogP contribution in [0.5, 0.6) is 0 Å². The molecule has 1 heteroatoms. The first kappa shape index (κ1) is 13.4. The third-order valence-electron chi connectivity index (χ3n) is 4.05. The van der Waals surface area contributed by atoms with Gasteiger partial charge in [0.2, 0.25) is 0 Å². The third-order valence-corrected chi connectivity index (χ3v) is 4.05. The van der Waals surface area contributed by atoms with Gasteiger partial charge in [0, 0.05) is 6.04 Å². The molecule has 1 aliphatic rings. The maximum Gasteiger partial charge on any atom is 0.0317 e. The minimum Gasteiger partial charge on any atom is -0.313 e. The number of rotatable bonds is 4. The Morgan fingerprint density at radius 1 is 1.22 bits per heavy atom. The van der Waals surface area contributed by atoms with Crippen LogP contribution in [0, 0.1) is 13.8 Å². The van der Waals surface area contributed by atoms with Crippen molar-refractivity contribution >= 4 is 0 Å². The number of nitrogens with one attached hydrogen (secondary N) is 1. The summed E-state index contributed by atoms with van der Waals surface area (Å²) in [6.07, 6.45) is 8.84. The number of allylic oxidation sites excluding steroid dienone is 1. The number of benzene rings is 1. The van der Waals surface area contributed by atoms with Gasteiger partial charge in [-0.25, -0.2) is 0 Å². The summed E-state index contributed by atoms with van der Waals surface area (Å²) in [5, 5.41) is 3.50. The van der Waals surface area contributed by atoms with E-state index >= 15 is 0 Å². The molecule has 0 aliphatic heterocycles. The second-order valence-corrected chi connectivity index (χ2v) is 5.50. The summed E-state index contributed by atoms with van der Waals surface area (Å²) in [6, 6.07) is 7.30. The Morgan fingerprint density at radius 2 is 2.06 bits per heavy atom. The Bertz CT molecular complexity index is 431. The van der Waals surface area contributed by atoms with Crippen LogP contribution in [0.4, 0.5) is 0 Å². The van der Waals surface area contributed by atoms with E-state index in [1.165, 1.54) is 42.4 Å². The highest BCUT2D eigenvalue weighted by Gasteiger charge is 2.15. The summed E-state index contributed by atoms with van der Waals surface area (Å²) in [5.74, 6) is 0. The van der Waals surface area contributed by atoms with Gasteiger partial charge in [-0.05, 0) is 64.1 Å². The minimum absolute atomic E-state index is 0.519. The Balaban J connectivity index is 2.14. The molecule has 98 valence electrons. The molecule has 0 bridgehead atoms. The van der Waals surface area contributed by atoms with Gasteiger partial charge in [0.05, 0.1) is 0 Å². The normalized spacial score (nSPS) is 17.4. The summed E-state index contributed by atoms with van der Waals surface area (Å²) in [5.41, 5.74) is 5.88. The summed E-state index contributed by atoms with van der Waals surface area (Å²) in [6.45, 7) is 4.40. The molecule has 1 aromatic carbocycles. The van der Waals surface area contributed by atoms with Crippen LogP contribution in [-0.2, 0) is 6.42 Å². The van der Waals surface area contributed by atoms with E-state index in [-0.39, 0.29) is 0 Å². The van der Waals surface area contributed by atoms with Crippen molar-refractivity contribution in [1.29, 1.82) is 0 Å². The summed E-state index contributed by atoms with van der Waals surface area (Å²) in [7, 11) is 2.09. The Kier molecular flexibility index (Phi) is 4.60. The summed E-state index contributed by atoms with van der Waals surface area (Å²) in [4.78, 5) is 0. The van der Waals surface area contributed by atoms with Crippen molar-refractivity contribution in [2.24, 2.45) is 0 Å². The van der Waals surface area contributed by atoms with Crippen molar-refractivity contribution < 1.29 is 0 Å². The Hall–Kier alpha value is -1.08. The lowest BCUT2D eigenvalue weighted by atomic mass is 9.89. The third kappa shape index (κ3) is 3.23. The van der Waals surface area contributed by atoms with Crippen LogP contribution in [0.1, 0.15) is 42.4 Å². The lowest BCUT2D eigenvalue weighted by molar-refractivity contribution is 0.568. The van der Waals surface area contributed by atoms with Crippen molar-refractivity contribution in [3.63, 3.8) is 0 Å². The van der Waals surface area contributed by atoms with Crippen molar-refractivity contribution in [2.45, 2.75) is 52.0 Å². The van der Waals surface area contributed by atoms with Crippen LogP contribution in [-0.4, -0.2) is 13.1 Å². The van der Waals surface area contributed by atoms with Crippen LogP contribution in [0.25, 0.3) is 0 Å². The quantitative estimate of drug-likeness (QED) is 0.790. The molecule has 0 aromatic heterocycles. The van der Waals surface area contributed by atoms with E-state index in [4.69, 9.17) is 0 Å². The fraction of sp³-hybridized carbons (Fsp3) is 0.529. The van der Waals surface area contributed by atoms with Gasteiger partial charge in [-0.2, -0.15) is 0 Å². The van der Waals surface area contributed by atoms with Gasteiger partial charge in [-0.3, -0.25) is 0 Å². The van der Waals surface area contributed by atoms with E-state index in [1.807, 2.05) is 0 Å². The van der Waals surface area contributed by atoms with Gasteiger partial charge in [-0.15, -0.1) is 0 Å². The molecule has 0 saturated heterocycles. The monoisotopic (exact) mass is 243 g/mol. The molecule has 2 rings (SSSR count). The molecule has 0 radical (unpaired) electrons. The zero-order valence-electron chi connectivity index (χ0n) is 11.9. The lowest BCUT2D eigenvalue weighted by Gasteiger charge is -2.24. The van der Waals surface area contributed by atoms with Crippen molar-refractivity contribution in [3.8, 4) is 0 Å². The smallest absolute Gasteiger partial charge is 0.0317 e. The predicted octanol–water partition coefficient (Wildman–Crippen LogP) is 3.93. The molecular weight excluding hydrogens is 218 g/mol. The summed E-state index contributed by atoms with van der Waals surface area (Å²) >= 11 is 0. The molecule has 1 unspecified atom stereocenters. The van der Waals surface area contributed by atoms with E-state index in [1.54, 1.807) is 5.57 Å². The number of hydrogen-bond acceptors (Lipinski definition) is 1. The van der Waals surface area contributed by atoms with Crippen LogP contribution >= 0.6 is 0 Å². The zero-order valence-corrected chi connectivity index (χ0v) is 11.9. The number of hydrogen-bond donors (Lipinski definition) is 1. The van der Waals surface area contributed by atoms with Gasteiger partial charge in [-0.1, -0.05) is 35.4 Å². The topological polar surface area (TPSA) is 12.0 Å². The second-order valence-electron chi connectivity index (χ2n) is 5.50. The van der Waals surface area contributed by atoms with Crippen LogP contribution in [0.15, 0.2) is 29.8 Å². The minimum atomic E-state index is 0.519. The molecular formula is C17H25N. The standard InChI is InChI=1S/C17H25N/c1-13-9-10-14(2)16(11-13)12-17(18-3)15-7-5-4-6-8-15/h7,9-11,17-18H,4-6,8,12H2,1-3H3. The molecule has 0 heterocycles. The summed E-state index contributed by atoms with van der Waals surface area (Å²) < 4.78 is 0. The van der Waals surface area contributed by atoms with E-state index < -0.39 is 0 Å². The van der Waals surface area contributed by atoms with Crippen molar-refractivity contribution in [3.05, 3.63) is 46.5 Å². The molecule has 0 fully saturated rings. The maximum atomic E-state index is 3.50. The van der Waals surface area contributed by atoms with E-state index in [0.29, 0.717) is 6.04 Å². The fourth-order valence-corrected chi connectivity index (χ4v) is 2.84. The maximum absolute atomic E-state index is 3.50. The lowest BCUT2D eigenvalue weighted by Crippen LogP contribution is -2.30. The second kappa shape index (κ2) is 6.19. The molecule has 0 saturated carbocycles. The molecule has 1 N–H and O–H groups in total. The van der Waals surface area contributed by atoms with E-state index in [2.05, 4.69) is 50.5 Å². The number of likely N-dealkylation sites (N-methyl/N-ethyl adjacent to an activating group) is 1. The van der Waals surface area contributed by atoms with Crippen LogP contribution < -0.4 is 5.32 Å². The largest absolute Gasteiger partial charge is 0.313 e. The molecule has 1 aliphatic carbocycles. The number of aryl methyl sites for hydroxylation is 2. The molecule has 18 heavy (non-hydrogen) atoms. The van der Waals surface area contributed by atoms with E-state index in [9.17, 15) is 0 Å². The van der Waals surface area contributed by atoms with Crippen LogP contribution in [0.3, 0.4) is 0 Å². The fourth-order valence-electron chi connectivity index (χ4n) is 2.84. The van der Waals surface area contributed by atoms with Gasteiger partial charge in [0.1, 0.15) is 0 Å². The van der Waals surface area contributed by atoms with Gasteiger partial charge in [0.25, 0.3) is 0 Å². The van der Waals surface area contributed by atoms with Gasteiger partial charge < -0.3 is 5.32 Å². The highest BCUT2D eigenvalue weighted by Crippen LogP contribution is 2.23. The first-order chi connectivity index (χ1) is 8.70. The first-order valence-electron chi connectivity index (χ1n) is 7.13. The molecule has 1 aromatic rings. The average Bonchev–Trinajstić information content (AvgIpc) is 2.41. The van der Waals surface area contributed by atoms with E-state index in [0.717, 1.165) is 6.42 Å². The van der Waals surface area contributed by atoms with Crippen molar-refractivity contribution in [2.75, 3.05) is 7.05 Å².